The van der Waals surface area contributed by atoms with Gasteiger partial charge in [-0.15, -0.1) is 0 Å². The largest absolute Gasteiger partial charge is 0.494 e. The Hall–Kier alpha value is -2.49. The van der Waals surface area contributed by atoms with Gasteiger partial charge in [-0.05, 0) is 56.2 Å². The van der Waals surface area contributed by atoms with E-state index in [1.165, 1.54) is 27.8 Å². The van der Waals surface area contributed by atoms with Gasteiger partial charge in [0, 0.05) is 18.7 Å². The molecule has 29 heavy (non-hydrogen) atoms. The van der Waals surface area contributed by atoms with Crippen LogP contribution in [0, 0.1) is 0 Å². The molecule has 0 aliphatic carbocycles. The van der Waals surface area contributed by atoms with Crippen molar-refractivity contribution in [2.75, 3.05) is 25.0 Å². The summed E-state index contributed by atoms with van der Waals surface area (Å²) in [5, 5.41) is 3.22. The van der Waals surface area contributed by atoms with Crippen molar-refractivity contribution in [3.8, 4) is 5.75 Å². The van der Waals surface area contributed by atoms with Gasteiger partial charge in [-0.25, -0.2) is 13.4 Å². The maximum Gasteiger partial charge on any atom is 0.257 e. The molecule has 1 aliphatic heterocycles. The first-order chi connectivity index (χ1) is 14.0. The molecule has 0 saturated carbocycles. The van der Waals surface area contributed by atoms with Gasteiger partial charge in [-0.2, -0.15) is 4.31 Å². The summed E-state index contributed by atoms with van der Waals surface area (Å²) in [6, 6.07) is 11.7. The Morgan fingerprint density at radius 2 is 2.00 bits per heavy atom. The van der Waals surface area contributed by atoms with Crippen LogP contribution in [0.25, 0.3) is 10.2 Å². The van der Waals surface area contributed by atoms with Crippen molar-refractivity contribution in [1.82, 2.24) is 9.29 Å². The summed E-state index contributed by atoms with van der Waals surface area (Å²) in [5.41, 5.74) is 1.04. The molecule has 0 bridgehead atoms. The van der Waals surface area contributed by atoms with Crippen LogP contribution in [0.2, 0.25) is 0 Å². The smallest absolute Gasteiger partial charge is 0.257 e. The highest BCUT2D eigenvalue weighted by atomic mass is 32.2. The Bertz CT molecular complexity index is 1150. The first-order valence-electron chi connectivity index (χ1n) is 9.42. The molecule has 2 heterocycles. The minimum absolute atomic E-state index is 0.137. The van der Waals surface area contributed by atoms with Gasteiger partial charge in [-0.1, -0.05) is 17.4 Å². The van der Waals surface area contributed by atoms with Crippen LogP contribution < -0.4 is 10.1 Å². The number of nitrogens with one attached hydrogen (secondary N) is 1. The van der Waals surface area contributed by atoms with E-state index in [2.05, 4.69) is 10.3 Å². The maximum atomic E-state index is 12.7. The predicted molar refractivity (Wildman–Crippen MR) is 113 cm³/mol. The third kappa shape index (κ3) is 4.12. The third-order valence-corrected chi connectivity index (χ3v) is 7.52. The maximum absolute atomic E-state index is 12.7. The molecule has 9 heteroatoms. The normalized spacial score (nSPS) is 14.9. The molecule has 0 atom stereocenters. The summed E-state index contributed by atoms with van der Waals surface area (Å²) in [7, 11) is -3.57. The van der Waals surface area contributed by atoms with Crippen molar-refractivity contribution in [2.24, 2.45) is 0 Å². The second-order valence-corrected chi connectivity index (χ2v) is 9.64. The average Bonchev–Trinajstić information content (AvgIpc) is 3.38. The molecule has 3 aromatic rings. The van der Waals surface area contributed by atoms with Gasteiger partial charge in [0.05, 0.1) is 21.7 Å². The lowest BCUT2D eigenvalue weighted by Crippen LogP contribution is -2.28. The van der Waals surface area contributed by atoms with Crippen molar-refractivity contribution in [3.63, 3.8) is 0 Å². The monoisotopic (exact) mass is 431 g/mol. The van der Waals surface area contributed by atoms with Gasteiger partial charge in [0.15, 0.2) is 5.13 Å². The summed E-state index contributed by atoms with van der Waals surface area (Å²) in [5.74, 6) is 0.355. The molecule has 1 N–H and O–H groups in total. The van der Waals surface area contributed by atoms with E-state index in [9.17, 15) is 13.2 Å². The van der Waals surface area contributed by atoms with E-state index in [-0.39, 0.29) is 10.5 Å². The molecule has 1 saturated heterocycles. The fourth-order valence-corrected chi connectivity index (χ4v) is 5.71. The number of thiazole rings is 1. The molecular weight excluding hydrogens is 410 g/mol. The SMILES string of the molecule is CCOc1ccc2nc(NC(=O)c3cccc(S(=O)(=O)N4CCCC4)c3)sc2c1. The molecule has 1 amide bonds. The lowest BCUT2D eigenvalue weighted by Gasteiger charge is -2.15. The minimum Gasteiger partial charge on any atom is -0.494 e. The standard InChI is InChI=1S/C20H21N3O4S2/c1-2-27-15-8-9-17-18(13-15)28-20(21-17)22-19(24)14-6-5-7-16(12-14)29(25,26)23-10-3-4-11-23/h5-9,12-13H,2-4,10-11H2,1H3,(H,21,22,24). The Balaban J connectivity index is 1.55. The van der Waals surface area contributed by atoms with E-state index in [4.69, 9.17) is 4.74 Å². The molecule has 152 valence electrons. The molecule has 1 aromatic heterocycles. The van der Waals surface area contributed by atoms with Crippen LogP contribution in [-0.2, 0) is 10.0 Å². The van der Waals surface area contributed by atoms with Gasteiger partial charge >= 0.3 is 0 Å². The number of carbonyl (C=O) groups excluding carboxylic acids is 1. The van der Waals surface area contributed by atoms with E-state index < -0.39 is 15.9 Å². The zero-order chi connectivity index (χ0) is 20.4. The molecule has 0 unspecified atom stereocenters. The molecule has 4 rings (SSSR count). The van der Waals surface area contributed by atoms with Crippen molar-refractivity contribution in [1.29, 1.82) is 0 Å². The van der Waals surface area contributed by atoms with E-state index in [1.807, 2.05) is 25.1 Å². The van der Waals surface area contributed by atoms with Crippen molar-refractivity contribution >= 4 is 42.6 Å². The van der Waals surface area contributed by atoms with Crippen molar-refractivity contribution in [2.45, 2.75) is 24.7 Å². The topological polar surface area (TPSA) is 88.6 Å². The molecule has 2 aromatic carbocycles. The predicted octanol–water partition coefficient (Wildman–Crippen LogP) is 3.73. The van der Waals surface area contributed by atoms with Crippen molar-refractivity contribution < 1.29 is 17.9 Å². The Morgan fingerprint density at radius 1 is 1.21 bits per heavy atom. The van der Waals surface area contributed by atoms with E-state index in [0.29, 0.717) is 24.8 Å². The second-order valence-electron chi connectivity index (χ2n) is 6.67. The summed E-state index contributed by atoms with van der Waals surface area (Å²) in [4.78, 5) is 17.2. The number of carbonyl (C=O) groups is 1. The van der Waals surface area contributed by atoms with Gasteiger partial charge in [0.2, 0.25) is 10.0 Å². The van der Waals surface area contributed by atoms with Crippen LogP contribution in [0.15, 0.2) is 47.4 Å². The molecule has 1 aliphatic rings. The number of ether oxygens (including phenoxy) is 1. The highest BCUT2D eigenvalue weighted by Crippen LogP contribution is 2.30. The van der Waals surface area contributed by atoms with Crippen LogP contribution in [0.5, 0.6) is 5.75 Å². The average molecular weight is 432 g/mol. The number of hydrogen-bond acceptors (Lipinski definition) is 6. The fourth-order valence-electron chi connectivity index (χ4n) is 3.26. The number of nitrogens with zero attached hydrogens (tertiary/aromatic N) is 2. The lowest BCUT2D eigenvalue weighted by molar-refractivity contribution is 0.102. The molecule has 7 nitrogen and oxygen atoms in total. The second kappa shape index (κ2) is 8.10. The third-order valence-electron chi connectivity index (χ3n) is 4.69. The van der Waals surface area contributed by atoms with Crippen LogP contribution in [0.4, 0.5) is 5.13 Å². The zero-order valence-electron chi connectivity index (χ0n) is 15.9. The van der Waals surface area contributed by atoms with Crippen LogP contribution in [-0.4, -0.2) is 43.3 Å². The van der Waals surface area contributed by atoms with E-state index in [1.54, 1.807) is 12.1 Å². The number of rotatable bonds is 6. The number of anilines is 1. The number of hydrogen-bond donors (Lipinski definition) is 1. The minimum atomic E-state index is -3.57. The van der Waals surface area contributed by atoms with Crippen molar-refractivity contribution in [3.05, 3.63) is 48.0 Å². The number of sulfonamides is 1. The highest BCUT2D eigenvalue weighted by molar-refractivity contribution is 7.89. The van der Waals surface area contributed by atoms with Gasteiger partial charge < -0.3 is 4.74 Å². The quantitative estimate of drug-likeness (QED) is 0.642. The Morgan fingerprint density at radius 3 is 2.76 bits per heavy atom. The number of aromatic nitrogens is 1. The molecule has 0 spiro atoms. The van der Waals surface area contributed by atoms with Crippen LogP contribution in [0.3, 0.4) is 0 Å². The summed E-state index contributed by atoms with van der Waals surface area (Å²) < 4.78 is 33.3. The van der Waals surface area contributed by atoms with Crippen LogP contribution >= 0.6 is 11.3 Å². The van der Waals surface area contributed by atoms with Gasteiger partial charge in [-0.3, -0.25) is 10.1 Å². The molecule has 0 radical (unpaired) electrons. The number of amides is 1. The van der Waals surface area contributed by atoms with E-state index >= 15 is 0 Å². The highest BCUT2D eigenvalue weighted by Gasteiger charge is 2.27. The number of benzene rings is 2. The summed E-state index contributed by atoms with van der Waals surface area (Å²) in [6.07, 6.45) is 1.73. The Kier molecular flexibility index (Phi) is 5.53. The molecule has 1 fully saturated rings. The fraction of sp³-hybridized carbons (Fsp3) is 0.300. The molecular formula is C20H21N3O4S2. The first kappa shape index (κ1) is 19.8. The zero-order valence-corrected chi connectivity index (χ0v) is 17.6. The Labute approximate surface area is 173 Å². The summed E-state index contributed by atoms with van der Waals surface area (Å²) >= 11 is 1.34. The number of fused-ring (bicyclic) bond motifs is 1. The summed E-state index contributed by atoms with van der Waals surface area (Å²) in [6.45, 7) is 3.54. The van der Waals surface area contributed by atoms with Gasteiger partial charge in [0.25, 0.3) is 5.91 Å². The lowest BCUT2D eigenvalue weighted by atomic mass is 10.2. The first-order valence-corrected chi connectivity index (χ1v) is 11.7. The van der Waals surface area contributed by atoms with Crippen LogP contribution in [0.1, 0.15) is 30.1 Å². The van der Waals surface area contributed by atoms with E-state index in [0.717, 1.165) is 28.8 Å². The van der Waals surface area contributed by atoms with Gasteiger partial charge in [0.1, 0.15) is 5.75 Å².